The van der Waals surface area contributed by atoms with Crippen molar-refractivity contribution >= 4 is 27.6 Å². The van der Waals surface area contributed by atoms with Gasteiger partial charge < -0.3 is 11.1 Å². The van der Waals surface area contributed by atoms with E-state index in [1.807, 2.05) is 48.7 Å². The molecule has 5 heteroatoms. The molecule has 3 N–H and O–H groups in total. The molecule has 0 radical (unpaired) electrons. The molecule has 0 saturated heterocycles. The maximum Gasteiger partial charge on any atom is 0.114 e. The standard InChI is InChI=1S/C29H25N5/c1-2-26-32-23-14-5-6-16-25(23)34(26)20-11-9-10-19(18-20)29-27(24-15-7-8-17-31-24)28(30)21-12-3-4-13-22(21)33-29/h3-18,24,31H,2H2,1H3,(H2,30,33)/t24-/m0/s1. The molecule has 0 amide bonds. The van der Waals surface area contributed by atoms with Gasteiger partial charge in [0.1, 0.15) is 5.82 Å². The molecule has 1 atom stereocenters. The van der Waals surface area contributed by atoms with Gasteiger partial charge in [-0.25, -0.2) is 9.97 Å². The van der Waals surface area contributed by atoms with Crippen LogP contribution in [-0.2, 0) is 6.42 Å². The SMILES string of the molecule is CCc1nc2ccccc2n1-c1cccc(-c2nc3ccccc3c(N)c2[C@@H]2C=CC=CN2)c1. The lowest BCUT2D eigenvalue weighted by molar-refractivity contribution is 0.748. The number of hydrogen-bond acceptors (Lipinski definition) is 4. The molecule has 5 nitrogen and oxygen atoms in total. The zero-order valence-corrected chi connectivity index (χ0v) is 18.9. The minimum atomic E-state index is -0.0546. The normalized spacial score (nSPS) is 15.1. The van der Waals surface area contributed by atoms with E-state index >= 15 is 0 Å². The second-order valence-corrected chi connectivity index (χ2v) is 8.45. The molecule has 2 aromatic heterocycles. The number of dihydropyridines is 1. The van der Waals surface area contributed by atoms with Gasteiger partial charge in [-0.2, -0.15) is 0 Å². The Morgan fingerprint density at radius 1 is 0.912 bits per heavy atom. The van der Waals surface area contributed by atoms with Crippen molar-refractivity contribution in [2.75, 3.05) is 5.73 Å². The second kappa shape index (κ2) is 8.19. The molecule has 0 aliphatic carbocycles. The number of hydrogen-bond donors (Lipinski definition) is 2. The van der Waals surface area contributed by atoms with Crippen LogP contribution in [0.2, 0.25) is 0 Å². The summed E-state index contributed by atoms with van der Waals surface area (Å²) in [4.78, 5) is 9.96. The molecular formula is C29H25N5. The summed E-state index contributed by atoms with van der Waals surface area (Å²) in [6.45, 7) is 2.14. The van der Waals surface area contributed by atoms with Crippen molar-refractivity contribution in [2.45, 2.75) is 19.4 Å². The first-order valence-corrected chi connectivity index (χ1v) is 11.6. The van der Waals surface area contributed by atoms with Gasteiger partial charge in [0.2, 0.25) is 0 Å². The molecule has 0 unspecified atom stereocenters. The van der Waals surface area contributed by atoms with Crippen molar-refractivity contribution in [3.05, 3.63) is 109 Å². The third-order valence-corrected chi connectivity index (χ3v) is 6.39. The predicted octanol–water partition coefficient (Wildman–Crippen LogP) is 6.10. The Morgan fingerprint density at radius 2 is 1.74 bits per heavy atom. The Hall–Kier alpha value is -4.38. The van der Waals surface area contributed by atoms with E-state index < -0.39 is 0 Å². The molecule has 0 bridgehead atoms. The number of nitrogens with two attached hydrogens (primary N) is 1. The predicted molar refractivity (Wildman–Crippen MR) is 140 cm³/mol. The summed E-state index contributed by atoms with van der Waals surface area (Å²) >= 11 is 0. The minimum Gasteiger partial charge on any atom is -0.398 e. The van der Waals surface area contributed by atoms with Crippen LogP contribution in [0.25, 0.3) is 38.9 Å². The van der Waals surface area contributed by atoms with E-state index in [1.54, 1.807) is 0 Å². The van der Waals surface area contributed by atoms with E-state index in [-0.39, 0.29) is 6.04 Å². The van der Waals surface area contributed by atoms with Gasteiger partial charge >= 0.3 is 0 Å². The second-order valence-electron chi connectivity index (χ2n) is 8.45. The van der Waals surface area contributed by atoms with Gasteiger partial charge in [0, 0.05) is 34.3 Å². The van der Waals surface area contributed by atoms with Crippen LogP contribution in [0.4, 0.5) is 5.69 Å². The molecule has 0 fully saturated rings. The number of nitrogens with zero attached hydrogens (tertiary/aromatic N) is 3. The molecule has 3 heterocycles. The number of rotatable bonds is 4. The lowest BCUT2D eigenvalue weighted by Crippen LogP contribution is -2.18. The maximum atomic E-state index is 6.79. The molecule has 6 rings (SSSR count). The summed E-state index contributed by atoms with van der Waals surface area (Å²) < 4.78 is 2.24. The lowest BCUT2D eigenvalue weighted by atomic mass is 9.94. The van der Waals surface area contributed by atoms with Crippen LogP contribution >= 0.6 is 0 Å². The fourth-order valence-electron chi connectivity index (χ4n) is 4.81. The van der Waals surface area contributed by atoms with Crippen LogP contribution in [0.5, 0.6) is 0 Å². The number of aryl methyl sites for hydroxylation is 1. The highest BCUT2D eigenvalue weighted by molar-refractivity contribution is 5.96. The van der Waals surface area contributed by atoms with Gasteiger partial charge in [0.05, 0.1) is 28.3 Å². The Bertz CT molecular complexity index is 1590. The van der Waals surface area contributed by atoms with Crippen LogP contribution in [0.3, 0.4) is 0 Å². The minimum absolute atomic E-state index is 0.0546. The van der Waals surface area contributed by atoms with E-state index in [0.29, 0.717) is 0 Å². The fraction of sp³-hybridized carbons (Fsp3) is 0.103. The van der Waals surface area contributed by atoms with Crippen molar-refractivity contribution in [1.82, 2.24) is 19.9 Å². The van der Waals surface area contributed by atoms with Crippen molar-refractivity contribution < 1.29 is 0 Å². The summed E-state index contributed by atoms with van der Waals surface area (Å²) in [5.74, 6) is 1.03. The Morgan fingerprint density at radius 3 is 2.56 bits per heavy atom. The van der Waals surface area contributed by atoms with Crippen LogP contribution in [-0.4, -0.2) is 14.5 Å². The van der Waals surface area contributed by atoms with Crippen LogP contribution < -0.4 is 11.1 Å². The van der Waals surface area contributed by atoms with Crippen molar-refractivity contribution in [1.29, 1.82) is 0 Å². The maximum absolute atomic E-state index is 6.79. The molecular weight excluding hydrogens is 418 g/mol. The topological polar surface area (TPSA) is 68.8 Å². The third kappa shape index (κ3) is 3.25. The number of anilines is 1. The number of allylic oxidation sites excluding steroid dienone is 2. The highest BCUT2D eigenvalue weighted by Gasteiger charge is 2.22. The molecule has 166 valence electrons. The monoisotopic (exact) mass is 443 g/mol. The highest BCUT2D eigenvalue weighted by atomic mass is 15.1. The lowest BCUT2D eigenvalue weighted by Gasteiger charge is -2.23. The van der Waals surface area contributed by atoms with E-state index in [4.69, 9.17) is 15.7 Å². The number of benzene rings is 3. The Labute approximate surface area is 198 Å². The average molecular weight is 444 g/mol. The number of imidazole rings is 1. The zero-order chi connectivity index (χ0) is 23.1. The number of para-hydroxylation sites is 3. The number of fused-ring (bicyclic) bond motifs is 2. The molecule has 5 aromatic rings. The summed E-state index contributed by atoms with van der Waals surface area (Å²) in [5.41, 5.74) is 14.5. The summed E-state index contributed by atoms with van der Waals surface area (Å²) in [7, 11) is 0. The van der Waals surface area contributed by atoms with E-state index in [0.717, 1.165) is 62.4 Å². The summed E-state index contributed by atoms with van der Waals surface area (Å²) in [6.07, 6.45) is 8.94. The first-order valence-electron chi connectivity index (χ1n) is 11.6. The van der Waals surface area contributed by atoms with E-state index in [9.17, 15) is 0 Å². The van der Waals surface area contributed by atoms with Gasteiger partial charge in [-0.15, -0.1) is 0 Å². The van der Waals surface area contributed by atoms with Crippen LogP contribution in [0.15, 0.2) is 97.2 Å². The first kappa shape index (κ1) is 20.2. The Kier molecular flexibility index (Phi) is 4.88. The fourth-order valence-corrected chi connectivity index (χ4v) is 4.81. The van der Waals surface area contributed by atoms with Gasteiger partial charge in [-0.05, 0) is 42.6 Å². The zero-order valence-electron chi connectivity index (χ0n) is 18.9. The number of aromatic nitrogens is 3. The van der Waals surface area contributed by atoms with Crippen molar-refractivity contribution in [3.63, 3.8) is 0 Å². The summed E-state index contributed by atoms with van der Waals surface area (Å²) in [6, 6.07) is 24.8. The Balaban J connectivity index is 1.59. The number of nitrogens with one attached hydrogen (secondary N) is 1. The van der Waals surface area contributed by atoms with Crippen LogP contribution in [0, 0.1) is 0 Å². The van der Waals surface area contributed by atoms with Crippen molar-refractivity contribution in [3.8, 4) is 16.9 Å². The molecule has 1 aliphatic heterocycles. The smallest absolute Gasteiger partial charge is 0.114 e. The molecule has 1 aliphatic rings. The van der Waals surface area contributed by atoms with Gasteiger partial charge in [-0.3, -0.25) is 4.57 Å². The van der Waals surface area contributed by atoms with E-state index in [2.05, 4.69) is 65.3 Å². The summed E-state index contributed by atoms with van der Waals surface area (Å²) in [5, 5.41) is 4.40. The number of pyridine rings is 1. The molecule has 3 aromatic carbocycles. The molecule has 34 heavy (non-hydrogen) atoms. The van der Waals surface area contributed by atoms with Gasteiger partial charge in [-0.1, -0.05) is 61.5 Å². The quantitative estimate of drug-likeness (QED) is 0.352. The average Bonchev–Trinajstić information content (AvgIpc) is 3.28. The van der Waals surface area contributed by atoms with Gasteiger partial charge in [0.25, 0.3) is 0 Å². The largest absolute Gasteiger partial charge is 0.398 e. The van der Waals surface area contributed by atoms with Crippen molar-refractivity contribution in [2.24, 2.45) is 0 Å². The highest BCUT2D eigenvalue weighted by Crippen LogP contribution is 2.38. The third-order valence-electron chi connectivity index (χ3n) is 6.39. The molecule has 0 saturated carbocycles. The van der Waals surface area contributed by atoms with Crippen LogP contribution in [0.1, 0.15) is 24.4 Å². The van der Waals surface area contributed by atoms with E-state index in [1.165, 1.54) is 0 Å². The number of nitrogen functional groups attached to an aromatic ring is 1. The van der Waals surface area contributed by atoms with Gasteiger partial charge in [0.15, 0.2) is 0 Å². The first-order chi connectivity index (χ1) is 16.7. The molecule has 0 spiro atoms.